The summed E-state index contributed by atoms with van der Waals surface area (Å²) in [6, 6.07) is 8.37. The molecule has 0 bridgehead atoms. The summed E-state index contributed by atoms with van der Waals surface area (Å²) in [6.07, 6.45) is 5.79. The van der Waals surface area contributed by atoms with Crippen molar-refractivity contribution < 1.29 is 4.42 Å². The van der Waals surface area contributed by atoms with Crippen molar-refractivity contribution in [2.75, 3.05) is 12.8 Å². The van der Waals surface area contributed by atoms with E-state index in [1.807, 2.05) is 6.20 Å². The van der Waals surface area contributed by atoms with E-state index in [2.05, 4.69) is 61.6 Å². The van der Waals surface area contributed by atoms with Crippen molar-refractivity contribution in [3.63, 3.8) is 0 Å². The quantitative estimate of drug-likeness (QED) is 0.634. The maximum absolute atomic E-state index is 5.83. The van der Waals surface area contributed by atoms with Gasteiger partial charge in [-0.25, -0.2) is 4.98 Å². The number of nitrogens with zero attached hydrogens (tertiary/aromatic N) is 1. The van der Waals surface area contributed by atoms with Crippen LogP contribution < -0.4 is 5.32 Å². The second kappa shape index (κ2) is 7.14. The third-order valence-corrected chi connectivity index (χ3v) is 3.89. The van der Waals surface area contributed by atoms with E-state index in [1.165, 1.54) is 4.90 Å². The normalized spacial score (nSPS) is 11.8. The Balaban J connectivity index is 1.88. The van der Waals surface area contributed by atoms with Gasteiger partial charge in [-0.3, -0.25) is 0 Å². The summed E-state index contributed by atoms with van der Waals surface area (Å²) in [6.45, 7) is 7.50. The van der Waals surface area contributed by atoms with Crippen LogP contribution >= 0.6 is 11.8 Å². The third-order valence-electron chi connectivity index (χ3n) is 3.15. The van der Waals surface area contributed by atoms with Crippen molar-refractivity contribution in [1.29, 1.82) is 0 Å². The maximum atomic E-state index is 5.83. The van der Waals surface area contributed by atoms with Gasteiger partial charge in [0, 0.05) is 22.4 Å². The van der Waals surface area contributed by atoms with Gasteiger partial charge in [-0.15, -0.1) is 11.8 Å². The second-order valence-electron chi connectivity index (χ2n) is 6.13. The number of thioether (sulfide) groups is 1. The Kier molecular flexibility index (Phi) is 5.48. The number of aromatic nitrogens is 1. The van der Waals surface area contributed by atoms with Gasteiger partial charge in [-0.05, 0) is 52.1 Å². The second-order valence-corrected chi connectivity index (χ2v) is 7.01. The van der Waals surface area contributed by atoms with E-state index in [0.29, 0.717) is 0 Å². The smallest absolute Gasteiger partial charge is 0.194 e. The number of rotatable bonds is 6. The number of hydrogen-bond donors (Lipinski definition) is 1. The highest BCUT2D eigenvalue weighted by Crippen LogP contribution is 2.24. The highest BCUT2D eigenvalue weighted by atomic mass is 32.2. The van der Waals surface area contributed by atoms with Crippen LogP contribution in [-0.4, -0.2) is 23.3 Å². The van der Waals surface area contributed by atoms with Crippen molar-refractivity contribution in [3.05, 3.63) is 36.4 Å². The van der Waals surface area contributed by atoms with Crippen molar-refractivity contribution in [2.45, 2.75) is 44.0 Å². The summed E-state index contributed by atoms with van der Waals surface area (Å²) in [5.41, 5.74) is 1.25. The van der Waals surface area contributed by atoms with E-state index in [4.69, 9.17) is 4.42 Å². The zero-order valence-electron chi connectivity index (χ0n) is 13.3. The molecule has 2 rings (SSSR count). The van der Waals surface area contributed by atoms with Gasteiger partial charge in [0.15, 0.2) is 11.7 Å². The molecule has 21 heavy (non-hydrogen) atoms. The molecule has 0 atom stereocenters. The van der Waals surface area contributed by atoms with E-state index in [0.717, 1.165) is 36.6 Å². The molecule has 0 radical (unpaired) electrons. The fourth-order valence-electron chi connectivity index (χ4n) is 2.02. The van der Waals surface area contributed by atoms with Crippen LogP contribution in [0.4, 0.5) is 0 Å². The summed E-state index contributed by atoms with van der Waals surface area (Å²) in [7, 11) is 0. The molecule has 0 fully saturated rings. The summed E-state index contributed by atoms with van der Waals surface area (Å²) in [5, 5.41) is 3.47. The molecule has 0 saturated heterocycles. The Morgan fingerprint density at radius 3 is 2.52 bits per heavy atom. The molecular weight excluding hydrogens is 280 g/mol. The van der Waals surface area contributed by atoms with Crippen molar-refractivity contribution in [1.82, 2.24) is 10.3 Å². The van der Waals surface area contributed by atoms with Crippen LogP contribution in [0.25, 0.3) is 11.3 Å². The Morgan fingerprint density at radius 1 is 1.19 bits per heavy atom. The molecule has 1 aromatic carbocycles. The molecule has 0 aliphatic heterocycles. The Morgan fingerprint density at radius 2 is 1.90 bits per heavy atom. The van der Waals surface area contributed by atoms with E-state index < -0.39 is 0 Å². The predicted molar refractivity (Wildman–Crippen MR) is 89.8 cm³/mol. The summed E-state index contributed by atoms with van der Waals surface area (Å²) < 4.78 is 5.83. The standard InChI is InChI=1S/C17H24N2OS/c1-17(2,3)19-11-5-6-16-18-12-15(20-16)13-7-9-14(21-4)10-8-13/h7-10,12,19H,5-6,11H2,1-4H3. The van der Waals surface area contributed by atoms with Crippen molar-refractivity contribution in [3.8, 4) is 11.3 Å². The first-order valence-electron chi connectivity index (χ1n) is 7.32. The number of aryl methyl sites for hydroxylation is 1. The van der Waals surface area contributed by atoms with Gasteiger partial charge in [0.25, 0.3) is 0 Å². The molecule has 1 N–H and O–H groups in total. The van der Waals surface area contributed by atoms with Crippen LogP contribution in [0.1, 0.15) is 33.1 Å². The fourth-order valence-corrected chi connectivity index (χ4v) is 2.43. The van der Waals surface area contributed by atoms with Gasteiger partial charge in [-0.2, -0.15) is 0 Å². The van der Waals surface area contributed by atoms with Gasteiger partial charge in [-0.1, -0.05) is 12.1 Å². The maximum Gasteiger partial charge on any atom is 0.194 e. The minimum atomic E-state index is 0.167. The van der Waals surface area contributed by atoms with Crippen molar-refractivity contribution in [2.24, 2.45) is 0 Å². The Hall–Kier alpha value is -1.26. The largest absolute Gasteiger partial charge is 0.441 e. The minimum Gasteiger partial charge on any atom is -0.441 e. The molecule has 0 spiro atoms. The summed E-state index contributed by atoms with van der Waals surface area (Å²) >= 11 is 1.74. The number of benzene rings is 1. The molecule has 3 nitrogen and oxygen atoms in total. The molecule has 1 heterocycles. The number of nitrogens with one attached hydrogen (secondary N) is 1. The predicted octanol–water partition coefficient (Wildman–Crippen LogP) is 4.38. The van der Waals surface area contributed by atoms with Crippen molar-refractivity contribution >= 4 is 11.8 Å². The first kappa shape index (κ1) is 16.1. The van der Waals surface area contributed by atoms with E-state index in [1.54, 1.807) is 11.8 Å². The zero-order chi connectivity index (χ0) is 15.3. The third kappa shape index (κ3) is 5.21. The highest BCUT2D eigenvalue weighted by molar-refractivity contribution is 7.98. The number of oxazole rings is 1. The summed E-state index contributed by atoms with van der Waals surface area (Å²) in [5.74, 6) is 1.66. The topological polar surface area (TPSA) is 38.1 Å². The first-order chi connectivity index (χ1) is 9.98. The van der Waals surface area contributed by atoms with E-state index >= 15 is 0 Å². The molecule has 0 amide bonds. The lowest BCUT2D eigenvalue weighted by Crippen LogP contribution is -2.36. The van der Waals surface area contributed by atoms with Gasteiger partial charge in [0.1, 0.15) is 0 Å². The monoisotopic (exact) mass is 304 g/mol. The Labute approximate surface area is 131 Å². The molecule has 1 aromatic heterocycles. The lowest BCUT2D eigenvalue weighted by Gasteiger charge is -2.19. The van der Waals surface area contributed by atoms with Gasteiger partial charge >= 0.3 is 0 Å². The fraction of sp³-hybridized carbons (Fsp3) is 0.471. The van der Waals surface area contributed by atoms with E-state index in [9.17, 15) is 0 Å². The SMILES string of the molecule is CSc1ccc(-c2cnc(CCCNC(C)(C)C)o2)cc1. The number of hydrogen-bond acceptors (Lipinski definition) is 4. The molecule has 0 unspecified atom stereocenters. The van der Waals surface area contributed by atoms with Gasteiger partial charge in [0.05, 0.1) is 6.20 Å². The molecule has 0 aliphatic carbocycles. The summed E-state index contributed by atoms with van der Waals surface area (Å²) in [4.78, 5) is 5.63. The highest BCUT2D eigenvalue weighted by Gasteiger charge is 2.09. The molecule has 4 heteroatoms. The lowest BCUT2D eigenvalue weighted by atomic mass is 10.1. The molecule has 2 aromatic rings. The Bertz CT molecular complexity index is 555. The molecule has 114 valence electrons. The van der Waals surface area contributed by atoms with Crippen LogP contribution in [0.5, 0.6) is 0 Å². The molecular formula is C17H24N2OS. The van der Waals surface area contributed by atoms with Gasteiger partial charge < -0.3 is 9.73 Å². The molecule has 0 saturated carbocycles. The minimum absolute atomic E-state index is 0.167. The molecule has 0 aliphatic rings. The van der Waals surface area contributed by atoms with Gasteiger partial charge in [0.2, 0.25) is 0 Å². The van der Waals surface area contributed by atoms with Crippen LogP contribution in [0.15, 0.2) is 39.8 Å². The van der Waals surface area contributed by atoms with Crippen LogP contribution in [0, 0.1) is 0 Å². The average molecular weight is 304 g/mol. The van der Waals surface area contributed by atoms with E-state index in [-0.39, 0.29) is 5.54 Å². The van der Waals surface area contributed by atoms with Crippen LogP contribution in [0.3, 0.4) is 0 Å². The van der Waals surface area contributed by atoms with Crippen LogP contribution in [0.2, 0.25) is 0 Å². The zero-order valence-corrected chi connectivity index (χ0v) is 14.1. The lowest BCUT2D eigenvalue weighted by molar-refractivity contribution is 0.412. The van der Waals surface area contributed by atoms with Crippen LogP contribution in [-0.2, 0) is 6.42 Å². The average Bonchev–Trinajstić information content (AvgIpc) is 2.91. The first-order valence-corrected chi connectivity index (χ1v) is 8.54.